The summed E-state index contributed by atoms with van der Waals surface area (Å²) in [5, 5.41) is 3.30. The number of ether oxygens (including phenoxy) is 2. The minimum atomic E-state index is -4.45. The Hall–Kier alpha value is -1.25. The van der Waals surface area contributed by atoms with Crippen LogP contribution in [0.5, 0.6) is 0 Å². The smallest absolute Gasteiger partial charge is 0.381 e. The van der Waals surface area contributed by atoms with Crippen molar-refractivity contribution in [2.45, 2.75) is 57.0 Å². The van der Waals surface area contributed by atoms with Crippen molar-refractivity contribution < 1.29 is 22.6 Å². The second kappa shape index (κ2) is 6.93. The summed E-state index contributed by atoms with van der Waals surface area (Å²) in [6, 6.07) is 1.16. The summed E-state index contributed by atoms with van der Waals surface area (Å²) < 4.78 is 49.9. The Labute approximate surface area is 139 Å². The first kappa shape index (κ1) is 17.6. The van der Waals surface area contributed by atoms with E-state index in [-0.39, 0.29) is 24.0 Å². The van der Waals surface area contributed by atoms with E-state index in [0.29, 0.717) is 25.5 Å². The normalized spacial score (nSPS) is 24.2. The Morgan fingerprint density at radius 1 is 1.25 bits per heavy atom. The molecule has 1 aromatic heterocycles. The van der Waals surface area contributed by atoms with Crippen LogP contribution in [0, 0.1) is 6.92 Å². The van der Waals surface area contributed by atoms with Crippen LogP contribution in [-0.4, -0.2) is 41.4 Å². The van der Waals surface area contributed by atoms with Crippen molar-refractivity contribution in [1.29, 1.82) is 0 Å². The van der Waals surface area contributed by atoms with Crippen LogP contribution in [0.1, 0.15) is 42.9 Å². The van der Waals surface area contributed by atoms with Gasteiger partial charge in [-0.25, -0.2) is 9.97 Å². The van der Waals surface area contributed by atoms with Gasteiger partial charge in [0.1, 0.15) is 11.5 Å². The van der Waals surface area contributed by atoms with Gasteiger partial charge < -0.3 is 14.8 Å². The molecule has 5 nitrogen and oxygen atoms in total. The van der Waals surface area contributed by atoms with Crippen LogP contribution < -0.4 is 5.32 Å². The number of hydrogen-bond donors (Lipinski definition) is 1. The molecule has 3 rings (SSSR count). The third-order valence-electron chi connectivity index (χ3n) is 4.64. The summed E-state index contributed by atoms with van der Waals surface area (Å²) in [4.78, 5) is 7.75. The minimum absolute atomic E-state index is 0.154. The molecule has 24 heavy (non-hydrogen) atoms. The molecule has 1 aromatic rings. The molecule has 1 unspecified atom stereocenters. The van der Waals surface area contributed by atoms with E-state index in [1.165, 1.54) is 0 Å². The van der Waals surface area contributed by atoms with E-state index in [4.69, 9.17) is 9.47 Å². The third-order valence-corrected chi connectivity index (χ3v) is 4.64. The van der Waals surface area contributed by atoms with E-state index >= 15 is 0 Å². The van der Waals surface area contributed by atoms with Gasteiger partial charge in [0.05, 0.1) is 12.1 Å². The lowest BCUT2D eigenvalue weighted by Crippen LogP contribution is -2.49. The number of nitrogens with zero attached hydrogens (tertiary/aromatic N) is 2. The summed E-state index contributed by atoms with van der Waals surface area (Å²) >= 11 is 0. The van der Waals surface area contributed by atoms with E-state index in [9.17, 15) is 13.2 Å². The Morgan fingerprint density at radius 3 is 2.71 bits per heavy atom. The molecule has 2 aliphatic heterocycles. The molecular formula is C16H22F3N3O2. The van der Waals surface area contributed by atoms with Gasteiger partial charge in [0.2, 0.25) is 0 Å². The Morgan fingerprint density at radius 2 is 2.00 bits per heavy atom. The van der Waals surface area contributed by atoms with Gasteiger partial charge in [0.15, 0.2) is 0 Å². The lowest BCUT2D eigenvalue weighted by Gasteiger charge is -2.43. The number of aryl methyl sites for hydroxylation is 1. The van der Waals surface area contributed by atoms with Crippen molar-refractivity contribution in [3.63, 3.8) is 0 Å². The third kappa shape index (κ3) is 4.23. The molecule has 2 saturated heterocycles. The van der Waals surface area contributed by atoms with Crippen LogP contribution >= 0.6 is 0 Å². The number of hydrogen-bond acceptors (Lipinski definition) is 5. The van der Waals surface area contributed by atoms with E-state index < -0.39 is 11.9 Å². The maximum absolute atomic E-state index is 12.8. The molecule has 134 valence electrons. The molecule has 0 radical (unpaired) electrons. The molecule has 1 spiro atoms. The number of alkyl halides is 3. The number of aromatic nitrogens is 2. The molecule has 1 atom stereocenters. The minimum Gasteiger partial charge on any atom is -0.381 e. The van der Waals surface area contributed by atoms with Crippen molar-refractivity contribution in [1.82, 2.24) is 15.3 Å². The van der Waals surface area contributed by atoms with Crippen molar-refractivity contribution in [2.75, 3.05) is 19.8 Å². The topological polar surface area (TPSA) is 56.3 Å². The highest BCUT2D eigenvalue weighted by Crippen LogP contribution is 2.34. The molecule has 2 fully saturated rings. The zero-order valence-corrected chi connectivity index (χ0v) is 13.7. The predicted molar refractivity (Wildman–Crippen MR) is 80.4 cm³/mol. The first-order valence-corrected chi connectivity index (χ1v) is 8.23. The zero-order chi connectivity index (χ0) is 17.2. The standard InChI is InChI=1S/C16H22F3N3O2/c1-11-8-13(16(17,18)19)22-14(21-11)10-20-12-2-5-24-15(9-12)3-6-23-7-4-15/h8,12,20H,2-7,9-10H2,1H3. The average molecular weight is 345 g/mol. The molecular weight excluding hydrogens is 323 g/mol. The number of halogens is 3. The molecule has 0 amide bonds. The molecule has 0 aliphatic carbocycles. The maximum Gasteiger partial charge on any atom is 0.433 e. The molecule has 8 heteroatoms. The van der Waals surface area contributed by atoms with Gasteiger partial charge in [-0.1, -0.05) is 0 Å². The SMILES string of the molecule is Cc1cc(C(F)(F)F)nc(CNC2CCOC3(CCOCC3)C2)n1. The molecule has 0 saturated carbocycles. The Balaban J connectivity index is 1.62. The summed E-state index contributed by atoms with van der Waals surface area (Å²) in [6.45, 7) is 3.82. The summed E-state index contributed by atoms with van der Waals surface area (Å²) in [5.41, 5.74) is -0.722. The Kier molecular flexibility index (Phi) is 5.08. The van der Waals surface area contributed by atoms with Crippen LogP contribution in [0.4, 0.5) is 13.2 Å². The van der Waals surface area contributed by atoms with E-state index in [1.54, 1.807) is 6.92 Å². The molecule has 3 heterocycles. The predicted octanol–water partition coefficient (Wildman–Crippen LogP) is 2.62. The molecule has 0 bridgehead atoms. The van der Waals surface area contributed by atoms with E-state index in [2.05, 4.69) is 15.3 Å². The second-order valence-electron chi connectivity index (χ2n) is 6.52. The van der Waals surface area contributed by atoms with Crippen molar-refractivity contribution in [3.05, 3.63) is 23.3 Å². The fraction of sp³-hybridized carbons (Fsp3) is 0.750. The van der Waals surface area contributed by atoms with E-state index in [0.717, 1.165) is 31.7 Å². The van der Waals surface area contributed by atoms with Gasteiger partial charge in [-0.05, 0) is 38.7 Å². The molecule has 1 N–H and O–H groups in total. The lowest BCUT2D eigenvalue weighted by molar-refractivity contribution is -0.141. The van der Waals surface area contributed by atoms with Gasteiger partial charge in [-0.3, -0.25) is 0 Å². The fourth-order valence-corrected chi connectivity index (χ4v) is 3.38. The van der Waals surface area contributed by atoms with Crippen molar-refractivity contribution in [2.24, 2.45) is 0 Å². The van der Waals surface area contributed by atoms with Crippen LogP contribution in [0.15, 0.2) is 6.07 Å². The monoisotopic (exact) mass is 345 g/mol. The maximum atomic E-state index is 12.8. The van der Waals surface area contributed by atoms with Gasteiger partial charge in [-0.2, -0.15) is 13.2 Å². The van der Waals surface area contributed by atoms with Crippen molar-refractivity contribution in [3.8, 4) is 0 Å². The zero-order valence-electron chi connectivity index (χ0n) is 13.7. The fourth-order valence-electron chi connectivity index (χ4n) is 3.38. The van der Waals surface area contributed by atoms with Crippen LogP contribution in [-0.2, 0) is 22.2 Å². The number of rotatable bonds is 3. The van der Waals surface area contributed by atoms with Crippen LogP contribution in [0.2, 0.25) is 0 Å². The van der Waals surface area contributed by atoms with Gasteiger partial charge in [-0.15, -0.1) is 0 Å². The first-order valence-electron chi connectivity index (χ1n) is 8.23. The number of nitrogens with one attached hydrogen (secondary N) is 1. The summed E-state index contributed by atoms with van der Waals surface area (Å²) in [5.74, 6) is 0.176. The molecule has 0 aromatic carbocycles. The van der Waals surface area contributed by atoms with Gasteiger partial charge >= 0.3 is 6.18 Å². The largest absolute Gasteiger partial charge is 0.433 e. The van der Waals surface area contributed by atoms with E-state index in [1.807, 2.05) is 0 Å². The highest BCUT2D eigenvalue weighted by atomic mass is 19.4. The van der Waals surface area contributed by atoms with Gasteiger partial charge in [0.25, 0.3) is 0 Å². The quantitative estimate of drug-likeness (QED) is 0.913. The first-order chi connectivity index (χ1) is 11.4. The Bertz CT molecular complexity index is 569. The summed E-state index contributed by atoms with van der Waals surface area (Å²) in [6.07, 6.45) is -1.04. The molecule has 2 aliphatic rings. The highest BCUT2D eigenvalue weighted by Gasteiger charge is 2.39. The van der Waals surface area contributed by atoms with Gasteiger partial charge in [0, 0.05) is 31.6 Å². The van der Waals surface area contributed by atoms with Crippen LogP contribution in [0.3, 0.4) is 0 Å². The summed E-state index contributed by atoms with van der Waals surface area (Å²) in [7, 11) is 0. The second-order valence-corrected chi connectivity index (χ2v) is 6.52. The highest BCUT2D eigenvalue weighted by molar-refractivity contribution is 5.13. The average Bonchev–Trinajstić information content (AvgIpc) is 2.52. The van der Waals surface area contributed by atoms with Crippen molar-refractivity contribution >= 4 is 0 Å². The lowest BCUT2D eigenvalue weighted by atomic mass is 9.84. The van der Waals surface area contributed by atoms with Crippen LogP contribution in [0.25, 0.3) is 0 Å².